The average molecular weight is 179 g/mol. The Morgan fingerprint density at radius 2 is 2.18 bits per heavy atom. The van der Waals surface area contributed by atoms with Gasteiger partial charge >= 0.3 is 0 Å². The van der Waals surface area contributed by atoms with Crippen LogP contribution in [-0.2, 0) is 10.1 Å². The van der Waals surface area contributed by atoms with Crippen molar-refractivity contribution in [2.24, 2.45) is 0 Å². The van der Waals surface area contributed by atoms with E-state index in [1.807, 2.05) is 0 Å². The van der Waals surface area contributed by atoms with Crippen LogP contribution < -0.4 is 0 Å². The average Bonchev–Trinajstić information content (AvgIpc) is 1.85. The number of rotatable bonds is 4. The SMILES string of the molecule is C=CCN(C)C(C)S(=O)(=O)O. The van der Waals surface area contributed by atoms with E-state index >= 15 is 0 Å². The Hall–Kier alpha value is -0.390. The second-order valence-corrected chi connectivity index (χ2v) is 4.05. The molecule has 1 atom stereocenters. The quantitative estimate of drug-likeness (QED) is 0.499. The molecule has 66 valence electrons. The van der Waals surface area contributed by atoms with Crippen LogP contribution in [0.5, 0.6) is 0 Å². The van der Waals surface area contributed by atoms with Crippen LogP contribution in [0.4, 0.5) is 0 Å². The van der Waals surface area contributed by atoms with Gasteiger partial charge in [-0.15, -0.1) is 6.58 Å². The minimum Gasteiger partial charge on any atom is -0.285 e. The van der Waals surface area contributed by atoms with Gasteiger partial charge in [0.1, 0.15) is 5.37 Å². The van der Waals surface area contributed by atoms with Gasteiger partial charge in [-0.05, 0) is 14.0 Å². The van der Waals surface area contributed by atoms with Crippen LogP contribution >= 0.6 is 0 Å². The summed E-state index contributed by atoms with van der Waals surface area (Å²) in [6, 6.07) is 0. The van der Waals surface area contributed by atoms with Crippen LogP contribution in [0.25, 0.3) is 0 Å². The van der Waals surface area contributed by atoms with Crippen LogP contribution in [0.2, 0.25) is 0 Å². The van der Waals surface area contributed by atoms with Crippen LogP contribution in [0.1, 0.15) is 6.92 Å². The van der Waals surface area contributed by atoms with Crippen molar-refractivity contribution in [3.63, 3.8) is 0 Å². The summed E-state index contributed by atoms with van der Waals surface area (Å²) in [7, 11) is -2.35. The Morgan fingerprint density at radius 1 is 1.73 bits per heavy atom. The molecule has 0 spiro atoms. The second-order valence-electron chi connectivity index (χ2n) is 2.34. The van der Waals surface area contributed by atoms with Gasteiger partial charge in [0.15, 0.2) is 0 Å². The summed E-state index contributed by atoms with van der Waals surface area (Å²) >= 11 is 0. The van der Waals surface area contributed by atoms with E-state index < -0.39 is 15.5 Å². The van der Waals surface area contributed by atoms with Crippen LogP contribution in [0, 0.1) is 0 Å². The lowest BCUT2D eigenvalue weighted by molar-refractivity contribution is 0.325. The summed E-state index contributed by atoms with van der Waals surface area (Å²) in [6.07, 6.45) is 1.57. The summed E-state index contributed by atoms with van der Waals surface area (Å²) in [5, 5.41) is -0.875. The van der Waals surface area contributed by atoms with Crippen LogP contribution in [0.3, 0.4) is 0 Å². The first-order chi connectivity index (χ1) is 4.89. The first kappa shape index (κ1) is 10.6. The Bertz CT molecular complexity index is 222. The van der Waals surface area contributed by atoms with E-state index in [1.165, 1.54) is 11.8 Å². The van der Waals surface area contributed by atoms with E-state index in [0.29, 0.717) is 6.54 Å². The van der Waals surface area contributed by atoms with Gasteiger partial charge in [0.25, 0.3) is 10.1 Å². The molecule has 0 bridgehead atoms. The molecule has 0 saturated carbocycles. The van der Waals surface area contributed by atoms with Gasteiger partial charge in [-0.2, -0.15) is 8.42 Å². The van der Waals surface area contributed by atoms with E-state index in [9.17, 15) is 8.42 Å². The Balaban J connectivity index is 4.25. The molecule has 0 fully saturated rings. The van der Waals surface area contributed by atoms with Gasteiger partial charge in [-0.25, -0.2) is 0 Å². The molecule has 5 heteroatoms. The van der Waals surface area contributed by atoms with Crippen molar-refractivity contribution < 1.29 is 13.0 Å². The van der Waals surface area contributed by atoms with Crippen molar-refractivity contribution in [3.05, 3.63) is 12.7 Å². The van der Waals surface area contributed by atoms with E-state index in [-0.39, 0.29) is 0 Å². The predicted octanol–water partition coefficient (Wildman–Crippen LogP) is 0.338. The highest BCUT2D eigenvalue weighted by Crippen LogP contribution is 2.01. The summed E-state index contributed by atoms with van der Waals surface area (Å²) in [5.74, 6) is 0. The zero-order valence-electron chi connectivity index (χ0n) is 6.69. The highest BCUT2D eigenvalue weighted by Gasteiger charge is 2.20. The Kier molecular flexibility index (Phi) is 3.71. The number of nitrogens with zero attached hydrogens (tertiary/aromatic N) is 1. The molecule has 0 saturated heterocycles. The van der Waals surface area contributed by atoms with Gasteiger partial charge in [0.05, 0.1) is 0 Å². The molecule has 1 unspecified atom stereocenters. The normalized spacial score (nSPS) is 14.9. The van der Waals surface area contributed by atoms with Crippen molar-refractivity contribution in [2.45, 2.75) is 12.3 Å². The van der Waals surface area contributed by atoms with E-state index in [2.05, 4.69) is 6.58 Å². The molecule has 0 rings (SSSR count). The molecule has 4 nitrogen and oxygen atoms in total. The lowest BCUT2D eigenvalue weighted by atomic mass is 10.5. The first-order valence-corrected chi connectivity index (χ1v) is 4.67. The molecule has 0 aromatic carbocycles. The molecule has 0 amide bonds. The van der Waals surface area contributed by atoms with Crippen molar-refractivity contribution in [1.29, 1.82) is 0 Å². The number of likely N-dealkylation sites (N-methyl/N-ethyl adjacent to an activating group) is 1. The molecule has 0 radical (unpaired) electrons. The summed E-state index contributed by atoms with van der Waals surface area (Å²) in [4.78, 5) is 1.47. The fourth-order valence-corrected chi connectivity index (χ4v) is 1.12. The minimum atomic E-state index is -3.95. The van der Waals surface area contributed by atoms with E-state index in [0.717, 1.165) is 0 Å². The Morgan fingerprint density at radius 3 is 2.45 bits per heavy atom. The van der Waals surface area contributed by atoms with Gasteiger partial charge in [-0.1, -0.05) is 6.08 Å². The van der Waals surface area contributed by atoms with Crippen molar-refractivity contribution in [2.75, 3.05) is 13.6 Å². The molecule has 1 N–H and O–H groups in total. The zero-order chi connectivity index (χ0) is 9.07. The first-order valence-electron chi connectivity index (χ1n) is 3.17. The monoisotopic (exact) mass is 179 g/mol. The predicted molar refractivity (Wildman–Crippen MR) is 43.8 cm³/mol. The van der Waals surface area contributed by atoms with Crippen molar-refractivity contribution >= 4 is 10.1 Å². The molecular weight excluding hydrogens is 166 g/mol. The lowest BCUT2D eigenvalue weighted by Crippen LogP contribution is -2.35. The molecule has 0 aliphatic rings. The topological polar surface area (TPSA) is 57.6 Å². The Labute approximate surface area is 67.3 Å². The molecule has 0 aliphatic carbocycles. The molecule has 0 aromatic rings. The van der Waals surface area contributed by atoms with Gasteiger partial charge in [0.2, 0.25) is 0 Å². The molecule has 0 aromatic heterocycles. The third-order valence-corrected chi connectivity index (χ3v) is 2.69. The van der Waals surface area contributed by atoms with Crippen molar-refractivity contribution in [3.8, 4) is 0 Å². The van der Waals surface area contributed by atoms with Crippen LogP contribution in [0.15, 0.2) is 12.7 Å². The highest BCUT2D eigenvalue weighted by atomic mass is 32.2. The van der Waals surface area contributed by atoms with Gasteiger partial charge in [-0.3, -0.25) is 9.45 Å². The maximum Gasteiger partial charge on any atom is 0.280 e. The smallest absolute Gasteiger partial charge is 0.280 e. The summed E-state index contributed by atoms with van der Waals surface area (Å²) < 4.78 is 29.6. The molecule has 0 heterocycles. The fraction of sp³-hybridized carbons (Fsp3) is 0.667. The molecular formula is C6H13NO3S. The third kappa shape index (κ3) is 3.50. The standard InChI is InChI=1S/C6H13NO3S/c1-4-5-7(3)6(2)11(8,9)10/h4,6H,1,5H2,2-3H3,(H,8,9,10). The van der Waals surface area contributed by atoms with E-state index in [1.54, 1.807) is 13.1 Å². The highest BCUT2D eigenvalue weighted by molar-refractivity contribution is 7.86. The third-order valence-electron chi connectivity index (χ3n) is 1.47. The minimum absolute atomic E-state index is 0.432. The maximum absolute atomic E-state index is 10.5. The number of hydrogen-bond donors (Lipinski definition) is 1. The van der Waals surface area contributed by atoms with Gasteiger partial charge in [0, 0.05) is 6.54 Å². The zero-order valence-corrected chi connectivity index (χ0v) is 7.50. The molecule has 0 aliphatic heterocycles. The maximum atomic E-state index is 10.5. The fourth-order valence-electron chi connectivity index (χ4n) is 0.579. The summed E-state index contributed by atoms with van der Waals surface area (Å²) in [5.41, 5.74) is 0. The van der Waals surface area contributed by atoms with Crippen molar-refractivity contribution in [1.82, 2.24) is 4.90 Å². The largest absolute Gasteiger partial charge is 0.285 e. The van der Waals surface area contributed by atoms with E-state index in [4.69, 9.17) is 4.55 Å². The lowest BCUT2D eigenvalue weighted by Gasteiger charge is -2.19. The molecule has 11 heavy (non-hydrogen) atoms. The summed E-state index contributed by atoms with van der Waals surface area (Å²) in [6.45, 7) is 5.29. The number of hydrogen-bond acceptors (Lipinski definition) is 3. The van der Waals surface area contributed by atoms with Crippen LogP contribution in [-0.4, -0.2) is 36.8 Å². The van der Waals surface area contributed by atoms with Gasteiger partial charge < -0.3 is 0 Å². The second kappa shape index (κ2) is 3.85.